The fourth-order valence-electron chi connectivity index (χ4n) is 0.827. The Bertz CT molecular complexity index is 330. The van der Waals surface area contributed by atoms with Crippen molar-refractivity contribution in [1.82, 2.24) is 5.32 Å². The van der Waals surface area contributed by atoms with Gasteiger partial charge < -0.3 is 5.32 Å². The van der Waals surface area contributed by atoms with Gasteiger partial charge in [-0.1, -0.05) is 18.7 Å². The van der Waals surface area contributed by atoms with Crippen LogP contribution in [-0.4, -0.2) is 5.24 Å². The Labute approximate surface area is 79.4 Å². The second kappa shape index (κ2) is 4.23. The Morgan fingerprint density at radius 2 is 2.08 bits per heavy atom. The van der Waals surface area contributed by atoms with Gasteiger partial charge in [-0.3, -0.25) is 4.79 Å². The van der Waals surface area contributed by atoms with E-state index in [1.807, 2.05) is 0 Å². The molecule has 1 amide bonds. The molecule has 5 heteroatoms. The number of thiol groups is 1. The van der Waals surface area contributed by atoms with Crippen LogP contribution in [0.15, 0.2) is 18.2 Å². The van der Waals surface area contributed by atoms with E-state index in [-0.39, 0.29) is 6.54 Å². The van der Waals surface area contributed by atoms with Crippen LogP contribution in [0.2, 0.25) is 0 Å². The van der Waals surface area contributed by atoms with Gasteiger partial charge in [-0.2, -0.15) is 0 Å². The normalized spacial score (nSPS) is 9.77. The van der Waals surface area contributed by atoms with Crippen molar-refractivity contribution in [2.75, 3.05) is 0 Å². The molecule has 0 saturated carbocycles. The van der Waals surface area contributed by atoms with Gasteiger partial charge in [0.25, 0.3) is 5.24 Å². The van der Waals surface area contributed by atoms with E-state index in [4.69, 9.17) is 0 Å². The lowest BCUT2D eigenvalue weighted by Crippen LogP contribution is -2.15. The molecule has 13 heavy (non-hydrogen) atoms. The Morgan fingerprint density at radius 1 is 1.38 bits per heavy atom. The zero-order valence-corrected chi connectivity index (χ0v) is 7.44. The fraction of sp³-hybridized carbons (Fsp3) is 0.125. The molecule has 0 fully saturated rings. The monoisotopic (exact) mass is 203 g/mol. The minimum atomic E-state index is -0.925. The number of benzene rings is 1. The molecular formula is C8H7F2NOS. The van der Waals surface area contributed by atoms with Gasteiger partial charge in [-0.15, -0.1) is 0 Å². The van der Waals surface area contributed by atoms with Crippen LogP contribution in [-0.2, 0) is 6.54 Å². The molecule has 0 aliphatic rings. The maximum atomic E-state index is 12.6. The molecule has 1 N–H and O–H groups in total. The number of rotatable bonds is 2. The number of carbonyl (C=O) groups is 1. The van der Waals surface area contributed by atoms with Crippen molar-refractivity contribution in [2.45, 2.75) is 6.54 Å². The summed E-state index contributed by atoms with van der Waals surface area (Å²) in [6, 6.07) is 3.43. The number of carbonyl (C=O) groups excluding carboxylic acids is 1. The highest BCUT2D eigenvalue weighted by atomic mass is 32.1. The Hall–Kier alpha value is -1.10. The number of amides is 1. The quantitative estimate of drug-likeness (QED) is 0.708. The highest BCUT2D eigenvalue weighted by Gasteiger charge is 2.02. The van der Waals surface area contributed by atoms with Gasteiger partial charge in [0.05, 0.1) is 0 Å². The summed E-state index contributed by atoms with van der Waals surface area (Å²) in [5, 5.41) is 1.84. The summed E-state index contributed by atoms with van der Waals surface area (Å²) >= 11 is 3.46. The van der Waals surface area contributed by atoms with Crippen LogP contribution < -0.4 is 5.32 Å². The molecule has 2 nitrogen and oxygen atoms in total. The van der Waals surface area contributed by atoms with Gasteiger partial charge in [-0.05, 0) is 17.7 Å². The second-order valence-electron chi connectivity index (χ2n) is 2.41. The van der Waals surface area contributed by atoms with Crippen molar-refractivity contribution in [1.29, 1.82) is 0 Å². The smallest absolute Gasteiger partial charge is 0.276 e. The molecule has 0 radical (unpaired) electrons. The molecule has 0 atom stereocenters. The lowest BCUT2D eigenvalue weighted by Gasteiger charge is -2.01. The first-order chi connectivity index (χ1) is 6.09. The number of nitrogens with one attached hydrogen (secondary N) is 1. The molecule has 0 spiro atoms. The predicted molar refractivity (Wildman–Crippen MR) is 47.6 cm³/mol. The van der Waals surface area contributed by atoms with Crippen LogP contribution in [0, 0.1) is 11.6 Å². The predicted octanol–water partition coefficient (Wildman–Crippen LogP) is 2.10. The Kier molecular flexibility index (Phi) is 3.25. The highest BCUT2D eigenvalue weighted by molar-refractivity contribution is 7.96. The third-order valence-electron chi connectivity index (χ3n) is 1.43. The number of hydrogen-bond acceptors (Lipinski definition) is 1. The third-order valence-corrected chi connectivity index (χ3v) is 1.59. The molecule has 0 bridgehead atoms. The lowest BCUT2D eigenvalue weighted by molar-refractivity contribution is 0.260. The van der Waals surface area contributed by atoms with E-state index in [9.17, 15) is 13.6 Å². The second-order valence-corrected chi connectivity index (χ2v) is 2.81. The Morgan fingerprint density at radius 3 is 2.62 bits per heavy atom. The van der Waals surface area contributed by atoms with E-state index in [2.05, 4.69) is 17.9 Å². The average Bonchev–Trinajstić information content (AvgIpc) is 2.07. The average molecular weight is 203 g/mol. The number of hydrogen-bond donors (Lipinski definition) is 2. The van der Waals surface area contributed by atoms with Crippen molar-refractivity contribution < 1.29 is 13.6 Å². The van der Waals surface area contributed by atoms with Crippen molar-refractivity contribution in [3.63, 3.8) is 0 Å². The van der Waals surface area contributed by atoms with Gasteiger partial charge >= 0.3 is 0 Å². The van der Waals surface area contributed by atoms with Crippen LogP contribution >= 0.6 is 12.6 Å². The van der Waals surface area contributed by atoms with Gasteiger partial charge in [0.2, 0.25) is 0 Å². The maximum absolute atomic E-state index is 12.6. The zero-order valence-electron chi connectivity index (χ0n) is 6.55. The summed E-state index contributed by atoms with van der Waals surface area (Å²) in [7, 11) is 0. The Balaban J connectivity index is 2.68. The van der Waals surface area contributed by atoms with E-state index in [0.29, 0.717) is 5.56 Å². The molecule has 1 aromatic rings. The van der Waals surface area contributed by atoms with Crippen LogP contribution in [0.3, 0.4) is 0 Å². The fourth-order valence-corrected chi connectivity index (χ4v) is 0.906. The van der Waals surface area contributed by atoms with Crippen LogP contribution in [0.4, 0.5) is 13.6 Å². The van der Waals surface area contributed by atoms with Gasteiger partial charge in [0, 0.05) is 6.54 Å². The van der Waals surface area contributed by atoms with Gasteiger partial charge in [0.1, 0.15) is 0 Å². The molecule has 0 aliphatic heterocycles. The highest BCUT2D eigenvalue weighted by Crippen LogP contribution is 2.08. The minimum Gasteiger partial charge on any atom is -0.343 e. The van der Waals surface area contributed by atoms with Crippen molar-refractivity contribution in [3.8, 4) is 0 Å². The molecule has 1 aromatic carbocycles. The minimum absolute atomic E-state index is 0.138. The lowest BCUT2D eigenvalue weighted by atomic mass is 10.2. The first kappa shape index (κ1) is 9.98. The maximum Gasteiger partial charge on any atom is 0.276 e. The standard InChI is InChI=1S/C8H7F2NOS/c9-6-2-1-5(3-7(6)10)4-11-8(12)13/h1-3H,4H2,(H2,11,12,13). The first-order valence-corrected chi connectivity index (χ1v) is 3.95. The van der Waals surface area contributed by atoms with Crippen molar-refractivity contribution in [2.24, 2.45) is 0 Å². The summed E-state index contributed by atoms with van der Waals surface area (Å²) in [5.41, 5.74) is 0.487. The first-order valence-electron chi connectivity index (χ1n) is 3.50. The van der Waals surface area contributed by atoms with Crippen LogP contribution in [0.25, 0.3) is 0 Å². The molecule has 0 unspecified atom stereocenters. The van der Waals surface area contributed by atoms with E-state index >= 15 is 0 Å². The summed E-state index contributed by atoms with van der Waals surface area (Å²) < 4.78 is 25.0. The molecule has 0 aromatic heterocycles. The van der Waals surface area contributed by atoms with Crippen LogP contribution in [0.5, 0.6) is 0 Å². The number of halogens is 2. The van der Waals surface area contributed by atoms with E-state index < -0.39 is 16.9 Å². The summed E-state index contributed by atoms with van der Waals surface area (Å²) in [5.74, 6) is -1.83. The van der Waals surface area contributed by atoms with Crippen molar-refractivity contribution in [3.05, 3.63) is 35.4 Å². The summed E-state index contributed by atoms with van der Waals surface area (Å²) in [6.07, 6.45) is 0. The van der Waals surface area contributed by atoms with Crippen molar-refractivity contribution >= 4 is 17.9 Å². The summed E-state index contributed by atoms with van der Waals surface area (Å²) in [6.45, 7) is 0.138. The summed E-state index contributed by atoms with van der Waals surface area (Å²) in [4.78, 5) is 10.4. The molecule has 0 aliphatic carbocycles. The topological polar surface area (TPSA) is 29.1 Å². The molecule has 70 valence electrons. The van der Waals surface area contributed by atoms with E-state index in [0.717, 1.165) is 12.1 Å². The largest absolute Gasteiger partial charge is 0.343 e. The van der Waals surface area contributed by atoms with Gasteiger partial charge in [0.15, 0.2) is 11.6 Å². The molecule has 1 rings (SSSR count). The SMILES string of the molecule is O=C(S)NCc1ccc(F)c(F)c1. The van der Waals surface area contributed by atoms with Gasteiger partial charge in [-0.25, -0.2) is 8.78 Å². The van der Waals surface area contributed by atoms with E-state index in [1.54, 1.807) is 0 Å². The molecule has 0 heterocycles. The zero-order chi connectivity index (χ0) is 9.84. The molecule has 0 saturated heterocycles. The van der Waals surface area contributed by atoms with Crippen LogP contribution in [0.1, 0.15) is 5.56 Å². The van der Waals surface area contributed by atoms with E-state index in [1.165, 1.54) is 6.07 Å². The molecular weight excluding hydrogens is 196 g/mol. The third kappa shape index (κ3) is 3.02.